The molecule has 9 N–H and O–H groups in total. The summed E-state index contributed by atoms with van der Waals surface area (Å²) >= 11 is 0. The Morgan fingerprint density at radius 1 is 1.03 bits per heavy atom. The topological polar surface area (TPSA) is 228 Å². The summed E-state index contributed by atoms with van der Waals surface area (Å²) in [6.07, 6.45) is -0.287. The molecular formula is C17H28N6O7. The van der Waals surface area contributed by atoms with E-state index in [9.17, 15) is 33.9 Å². The number of carboxylic acids is 1. The zero-order valence-electron chi connectivity index (χ0n) is 16.6. The molecule has 1 heterocycles. The summed E-state index contributed by atoms with van der Waals surface area (Å²) in [5.74, 6) is -5.13. The van der Waals surface area contributed by atoms with E-state index in [1.54, 1.807) is 0 Å². The molecule has 0 aromatic heterocycles. The Morgan fingerprint density at radius 3 is 2.13 bits per heavy atom. The van der Waals surface area contributed by atoms with Gasteiger partial charge in [-0.3, -0.25) is 24.0 Å². The fraction of sp³-hybridized carbons (Fsp3) is 0.647. The number of amides is 5. The molecule has 30 heavy (non-hydrogen) atoms. The van der Waals surface area contributed by atoms with Gasteiger partial charge in [-0.15, -0.1) is 0 Å². The van der Waals surface area contributed by atoms with Gasteiger partial charge in [-0.05, 0) is 26.2 Å². The zero-order valence-corrected chi connectivity index (χ0v) is 16.6. The highest BCUT2D eigenvalue weighted by Gasteiger charge is 2.38. The molecule has 0 aromatic rings. The summed E-state index contributed by atoms with van der Waals surface area (Å²) in [6, 6.07) is -4.71. The first-order chi connectivity index (χ1) is 13.9. The lowest BCUT2D eigenvalue weighted by atomic mass is 10.1. The third kappa shape index (κ3) is 7.31. The van der Waals surface area contributed by atoms with Crippen LogP contribution in [0.1, 0.15) is 39.0 Å². The van der Waals surface area contributed by atoms with Crippen LogP contribution in [0.4, 0.5) is 0 Å². The molecule has 0 aromatic carbocycles. The van der Waals surface area contributed by atoms with Crippen LogP contribution in [0.5, 0.6) is 0 Å². The fourth-order valence-corrected chi connectivity index (χ4v) is 3.02. The van der Waals surface area contributed by atoms with Crippen molar-refractivity contribution in [1.29, 1.82) is 0 Å². The van der Waals surface area contributed by atoms with Crippen LogP contribution in [0.15, 0.2) is 0 Å². The molecule has 4 atom stereocenters. The number of primary amides is 2. The zero-order chi connectivity index (χ0) is 23.0. The highest BCUT2D eigenvalue weighted by atomic mass is 16.4. The molecule has 1 saturated heterocycles. The van der Waals surface area contributed by atoms with E-state index < -0.39 is 66.1 Å². The number of likely N-dealkylation sites (tertiary alicyclic amines) is 1. The van der Waals surface area contributed by atoms with Crippen LogP contribution in [0.25, 0.3) is 0 Å². The smallest absolute Gasteiger partial charge is 0.326 e. The number of carboxylic acid groups (broad SMARTS) is 1. The molecule has 13 heteroatoms. The van der Waals surface area contributed by atoms with Gasteiger partial charge in [0.1, 0.15) is 18.1 Å². The van der Waals surface area contributed by atoms with E-state index in [0.29, 0.717) is 6.42 Å². The van der Waals surface area contributed by atoms with E-state index in [2.05, 4.69) is 10.6 Å². The standard InChI is InChI=1S/C17H28N6O7/c1-8(18)14(26)21-9(4-5-12(19)24)15(27)22-10(7-13(20)25)16(28)23-6-2-3-11(23)17(29)30/h8-11H,2-7,18H2,1H3,(H2,19,24)(H2,20,25)(H,21,26)(H,22,27)(H,29,30)/t8-,9-,10-,11-/m0/s1. The van der Waals surface area contributed by atoms with Crippen LogP contribution < -0.4 is 27.8 Å². The number of nitrogens with two attached hydrogens (primary N) is 3. The van der Waals surface area contributed by atoms with Gasteiger partial charge >= 0.3 is 5.97 Å². The summed E-state index contributed by atoms with van der Waals surface area (Å²) in [7, 11) is 0. The van der Waals surface area contributed by atoms with Crippen LogP contribution in [0.3, 0.4) is 0 Å². The highest BCUT2D eigenvalue weighted by molar-refractivity contribution is 5.96. The average molecular weight is 428 g/mol. The molecule has 0 aliphatic carbocycles. The van der Waals surface area contributed by atoms with Crippen molar-refractivity contribution in [3.05, 3.63) is 0 Å². The van der Waals surface area contributed by atoms with E-state index in [1.165, 1.54) is 6.92 Å². The maximum Gasteiger partial charge on any atom is 0.326 e. The number of nitrogens with zero attached hydrogens (tertiary/aromatic N) is 1. The summed E-state index contributed by atoms with van der Waals surface area (Å²) in [4.78, 5) is 72.3. The van der Waals surface area contributed by atoms with E-state index in [1.807, 2.05) is 0 Å². The Morgan fingerprint density at radius 2 is 1.63 bits per heavy atom. The molecule has 0 spiro atoms. The van der Waals surface area contributed by atoms with Crippen LogP contribution in [0, 0.1) is 0 Å². The summed E-state index contributed by atoms with van der Waals surface area (Å²) in [5, 5.41) is 13.9. The Labute approximate surface area is 172 Å². The molecular weight excluding hydrogens is 400 g/mol. The van der Waals surface area contributed by atoms with Crippen LogP contribution in [-0.4, -0.2) is 76.2 Å². The third-order valence-electron chi connectivity index (χ3n) is 4.57. The maximum atomic E-state index is 12.8. The molecule has 1 aliphatic rings. The van der Waals surface area contributed by atoms with Crippen molar-refractivity contribution in [3.63, 3.8) is 0 Å². The Kier molecular flexibility index (Phi) is 9.17. The quantitative estimate of drug-likeness (QED) is 0.193. The fourth-order valence-electron chi connectivity index (χ4n) is 3.02. The van der Waals surface area contributed by atoms with Crippen molar-refractivity contribution in [3.8, 4) is 0 Å². The first-order valence-electron chi connectivity index (χ1n) is 9.40. The molecule has 0 saturated carbocycles. The van der Waals surface area contributed by atoms with Crippen molar-refractivity contribution >= 4 is 35.5 Å². The SMILES string of the molecule is C[C@H](N)C(=O)N[C@@H](CCC(N)=O)C(=O)N[C@@H](CC(N)=O)C(=O)N1CCC[C@H]1C(=O)O. The Balaban J connectivity index is 3.00. The van der Waals surface area contributed by atoms with Gasteiger partial charge < -0.3 is 37.8 Å². The van der Waals surface area contributed by atoms with E-state index in [4.69, 9.17) is 17.2 Å². The lowest BCUT2D eigenvalue weighted by Gasteiger charge is -2.28. The molecule has 1 aliphatic heterocycles. The van der Waals surface area contributed by atoms with Crippen molar-refractivity contribution in [2.24, 2.45) is 17.2 Å². The number of nitrogens with one attached hydrogen (secondary N) is 2. The lowest BCUT2D eigenvalue weighted by Crippen LogP contribution is -2.57. The van der Waals surface area contributed by atoms with Gasteiger partial charge in [0.05, 0.1) is 12.5 Å². The normalized spacial score (nSPS) is 18.7. The minimum absolute atomic E-state index is 0.146. The second kappa shape index (κ2) is 11.1. The molecule has 0 unspecified atom stereocenters. The molecule has 5 amide bonds. The minimum atomic E-state index is -1.43. The summed E-state index contributed by atoms with van der Waals surface area (Å²) in [6.45, 7) is 1.53. The van der Waals surface area contributed by atoms with Crippen molar-refractivity contribution < 1.29 is 33.9 Å². The monoisotopic (exact) mass is 428 g/mol. The molecule has 1 fully saturated rings. The molecule has 13 nitrogen and oxygen atoms in total. The van der Waals surface area contributed by atoms with Crippen LogP contribution >= 0.6 is 0 Å². The van der Waals surface area contributed by atoms with E-state index in [0.717, 1.165) is 4.90 Å². The third-order valence-corrected chi connectivity index (χ3v) is 4.57. The van der Waals surface area contributed by atoms with Crippen molar-refractivity contribution in [1.82, 2.24) is 15.5 Å². The van der Waals surface area contributed by atoms with Crippen LogP contribution in [0.2, 0.25) is 0 Å². The Hall–Kier alpha value is -3.22. The first-order valence-corrected chi connectivity index (χ1v) is 9.40. The average Bonchev–Trinajstić information content (AvgIpc) is 3.12. The Bertz CT molecular complexity index is 711. The molecule has 168 valence electrons. The number of aliphatic carboxylic acids is 1. The van der Waals surface area contributed by atoms with E-state index in [-0.39, 0.29) is 25.8 Å². The molecule has 0 bridgehead atoms. The van der Waals surface area contributed by atoms with E-state index >= 15 is 0 Å². The van der Waals surface area contributed by atoms with Gasteiger partial charge in [0.2, 0.25) is 29.5 Å². The van der Waals surface area contributed by atoms with Crippen molar-refractivity contribution in [2.75, 3.05) is 6.54 Å². The number of carbonyl (C=O) groups is 6. The van der Waals surface area contributed by atoms with Gasteiger partial charge in [0.25, 0.3) is 0 Å². The number of hydrogen-bond acceptors (Lipinski definition) is 7. The minimum Gasteiger partial charge on any atom is -0.480 e. The predicted octanol–water partition coefficient (Wildman–Crippen LogP) is -3.48. The van der Waals surface area contributed by atoms with Gasteiger partial charge in [-0.25, -0.2) is 4.79 Å². The molecule has 0 radical (unpaired) electrons. The number of carbonyl (C=O) groups excluding carboxylic acids is 5. The first kappa shape index (κ1) is 24.8. The second-order valence-corrected chi connectivity index (χ2v) is 7.11. The van der Waals surface area contributed by atoms with Crippen LogP contribution in [-0.2, 0) is 28.8 Å². The van der Waals surface area contributed by atoms with Crippen molar-refractivity contribution in [2.45, 2.75) is 63.2 Å². The number of rotatable bonds is 11. The summed E-state index contributed by atoms with van der Waals surface area (Å²) < 4.78 is 0. The molecule has 1 rings (SSSR count). The second-order valence-electron chi connectivity index (χ2n) is 7.11. The predicted molar refractivity (Wildman–Crippen MR) is 102 cm³/mol. The van der Waals surface area contributed by atoms with Gasteiger partial charge in [0, 0.05) is 13.0 Å². The van der Waals surface area contributed by atoms with Gasteiger partial charge in [0.15, 0.2) is 0 Å². The van der Waals surface area contributed by atoms with Gasteiger partial charge in [-0.1, -0.05) is 0 Å². The lowest BCUT2D eigenvalue weighted by molar-refractivity contribution is -0.149. The largest absolute Gasteiger partial charge is 0.480 e. The highest BCUT2D eigenvalue weighted by Crippen LogP contribution is 2.19. The maximum absolute atomic E-state index is 12.8. The summed E-state index contributed by atoms with van der Waals surface area (Å²) in [5.41, 5.74) is 15.7. The number of hydrogen-bond donors (Lipinski definition) is 6. The van der Waals surface area contributed by atoms with Gasteiger partial charge in [-0.2, -0.15) is 0 Å².